The summed E-state index contributed by atoms with van der Waals surface area (Å²) >= 11 is 0. The lowest BCUT2D eigenvalue weighted by Crippen LogP contribution is -2.16. The number of nitrogens with one attached hydrogen (secondary N) is 1. The number of hydrogen-bond acceptors (Lipinski definition) is 4. The second-order valence-corrected chi connectivity index (χ2v) is 8.03. The zero-order valence-corrected chi connectivity index (χ0v) is 19.2. The van der Waals surface area contributed by atoms with E-state index in [1.807, 2.05) is 61.5 Å². The monoisotopic (exact) mass is 442 g/mol. The van der Waals surface area contributed by atoms with Gasteiger partial charge in [-0.1, -0.05) is 48.5 Å². The summed E-state index contributed by atoms with van der Waals surface area (Å²) in [5, 5.41) is 0.824. The standard InChI is InChI=1S/C27H26N2O4/c1-5-29-21-14-10-9-13-20(21)24(26(29)19-11-7-6-8-12-19)22(31)15-33-27(32)25-16(2)23(18(4)30)17(3)28-25/h6-14,28H,5,15H2,1-4H3. The molecule has 0 fully saturated rings. The number of ketones is 2. The fraction of sp³-hybridized carbons (Fsp3) is 0.222. The van der Waals surface area contributed by atoms with E-state index in [1.54, 1.807) is 13.8 Å². The number of H-pyrrole nitrogens is 1. The van der Waals surface area contributed by atoms with Crippen LogP contribution in [0.4, 0.5) is 0 Å². The number of carbonyl (C=O) groups is 3. The zero-order valence-electron chi connectivity index (χ0n) is 19.2. The van der Waals surface area contributed by atoms with Crippen molar-refractivity contribution >= 4 is 28.4 Å². The van der Waals surface area contributed by atoms with Crippen molar-refractivity contribution in [3.8, 4) is 11.3 Å². The number of carbonyl (C=O) groups excluding carboxylic acids is 3. The smallest absolute Gasteiger partial charge is 0.355 e. The van der Waals surface area contributed by atoms with E-state index in [2.05, 4.69) is 9.55 Å². The molecular weight excluding hydrogens is 416 g/mol. The van der Waals surface area contributed by atoms with Crippen LogP contribution in [-0.2, 0) is 11.3 Å². The number of para-hydroxylation sites is 1. The van der Waals surface area contributed by atoms with E-state index < -0.39 is 12.6 Å². The molecule has 0 amide bonds. The molecule has 0 radical (unpaired) electrons. The van der Waals surface area contributed by atoms with E-state index in [-0.39, 0.29) is 17.3 Å². The number of hydrogen-bond donors (Lipinski definition) is 1. The van der Waals surface area contributed by atoms with Gasteiger partial charge in [0, 0.05) is 28.7 Å². The molecule has 2 aromatic carbocycles. The van der Waals surface area contributed by atoms with Gasteiger partial charge < -0.3 is 14.3 Å². The molecule has 0 aliphatic carbocycles. The molecule has 0 spiro atoms. The Labute approximate surface area is 192 Å². The summed E-state index contributed by atoms with van der Waals surface area (Å²) in [7, 11) is 0. The van der Waals surface area contributed by atoms with Gasteiger partial charge in [-0.3, -0.25) is 9.59 Å². The topological polar surface area (TPSA) is 81.2 Å². The summed E-state index contributed by atoms with van der Waals surface area (Å²) in [6, 6.07) is 17.5. The Morgan fingerprint density at radius 1 is 0.939 bits per heavy atom. The first-order chi connectivity index (χ1) is 15.8. The maximum absolute atomic E-state index is 13.4. The number of rotatable bonds is 7. The molecule has 0 aliphatic heterocycles. The second-order valence-electron chi connectivity index (χ2n) is 8.03. The maximum atomic E-state index is 13.4. The summed E-state index contributed by atoms with van der Waals surface area (Å²) in [6.07, 6.45) is 0. The number of nitrogens with zero attached hydrogens (tertiary/aromatic N) is 1. The molecule has 4 rings (SSSR count). The van der Waals surface area contributed by atoms with Crippen molar-refractivity contribution in [1.29, 1.82) is 0 Å². The molecule has 168 valence electrons. The van der Waals surface area contributed by atoms with Gasteiger partial charge in [-0.2, -0.15) is 0 Å². The summed E-state index contributed by atoms with van der Waals surface area (Å²) in [5.41, 5.74) is 5.04. The molecule has 0 saturated carbocycles. The third kappa shape index (κ3) is 3.89. The molecule has 0 bridgehead atoms. The van der Waals surface area contributed by atoms with Crippen molar-refractivity contribution in [3.05, 3.63) is 82.7 Å². The molecule has 2 heterocycles. The van der Waals surface area contributed by atoms with Crippen molar-refractivity contribution in [2.45, 2.75) is 34.2 Å². The Kier molecular flexibility index (Phi) is 6.01. The van der Waals surface area contributed by atoms with Gasteiger partial charge in [-0.05, 0) is 44.9 Å². The molecule has 0 aliphatic rings. The predicted octanol–water partition coefficient (Wildman–Crippen LogP) is 5.52. The van der Waals surface area contributed by atoms with E-state index in [4.69, 9.17) is 4.74 Å². The molecular formula is C27H26N2O4. The van der Waals surface area contributed by atoms with Crippen LogP contribution in [0.2, 0.25) is 0 Å². The Hall–Kier alpha value is -3.93. The average Bonchev–Trinajstić information content (AvgIpc) is 3.31. The van der Waals surface area contributed by atoms with E-state index in [1.165, 1.54) is 6.92 Å². The van der Waals surface area contributed by atoms with Gasteiger partial charge >= 0.3 is 5.97 Å². The lowest BCUT2D eigenvalue weighted by atomic mass is 10.0. The largest absolute Gasteiger partial charge is 0.453 e. The van der Waals surface area contributed by atoms with E-state index in [9.17, 15) is 14.4 Å². The highest BCUT2D eigenvalue weighted by molar-refractivity contribution is 6.14. The average molecular weight is 443 g/mol. The van der Waals surface area contributed by atoms with Crippen molar-refractivity contribution in [1.82, 2.24) is 9.55 Å². The van der Waals surface area contributed by atoms with Crippen LogP contribution >= 0.6 is 0 Å². The molecule has 6 heteroatoms. The van der Waals surface area contributed by atoms with E-state index in [0.29, 0.717) is 28.9 Å². The SMILES string of the molecule is CCn1c(-c2ccccc2)c(C(=O)COC(=O)c2[nH]c(C)c(C(C)=O)c2C)c2ccccc21. The summed E-state index contributed by atoms with van der Waals surface area (Å²) < 4.78 is 7.52. The third-order valence-electron chi connectivity index (χ3n) is 5.94. The minimum absolute atomic E-state index is 0.128. The number of aryl methyl sites for hydroxylation is 2. The van der Waals surface area contributed by atoms with Gasteiger partial charge in [0.2, 0.25) is 5.78 Å². The molecule has 1 N–H and O–H groups in total. The van der Waals surface area contributed by atoms with Gasteiger partial charge in [-0.15, -0.1) is 0 Å². The number of aromatic nitrogens is 2. The number of fused-ring (bicyclic) bond motifs is 1. The Morgan fingerprint density at radius 2 is 1.61 bits per heavy atom. The van der Waals surface area contributed by atoms with Gasteiger partial charge in [-0.25, -0.2) is 4.79 Å². The highest BCUT2D eigenvalue weighted by Gasteiger charge is 2.25. The number of aromatic amines is 1. The Balaban J connectivity index is 1.70. The van der Waals surface area contributed by atoms with Crippen molar-refractivity contribution in [2.75, 3.05) is 6.61 Å². The van der Waals surface area contributed by atoms with E-state index >= 15 is 0 Å². The molecule has 33 heavy (non-hydrogen) atoms. The number of esters is 1. The summed E-state index contributed by atoms with van der Waals surface area (Å²) in [5.74, 6) is -1.06. The minimum Gasteiger partial charge on any atom is -0.453 e. The second kappa shape index (κ2) is 8.90. The van der Waals surface area contributed by atoms with Gasteiger partial charge in [0.05, 0.1) is 11.3 Å². The lowest BCUT2D eigenvalue weighted by Gasteiger charge is -2.10. The zero-order chi connectivity index (χ0) is 23.7. The third-order valence-corrected chi connectivity index (χ3v) is 5.94. The van der Waals surface area contributed by atoms with E-state index in [0.717, 1.165) is 22.2 Å². The summed E-state index contributed by atoms with van der Waals surface area (Å²) in [4.78, 5) is 41.0. The van der Waals surface area contributed by atoms with Crippen LogP contribution in [0.25, 0.3) is 22.2 Å². The van der Waals surface area contributed by atoms with Crippen LogP contribution in [0.15, 0.2) is 54.6 Å². The van der Waals surface area contributed by atoms with Crippen LogP contribution in [0.3, 0.4) is 0 Å². The Morgan fingerprint density at radius 3 is 2.24 bits per heavy atom. The highest BCUT2D eigenvalue weighted by atomic mass is 16.5. The lowest BCUT2D eigenvalue weighted by molar-refractivity contribution is 0.0469. The number of ether oxygens (including phenoxy) is 1. The number of benzene rings is 2. The van der Waals surface area contributed by atoms with Crippen molar-refractivity contribution in [2.24, 2.45) is 0 Å². The number of Topliss-reactive ketones (excluding diaryl/α,β-unsaturated/α-hetero) is 2. The molecule has 0 unspecified atom stereocenters. The van der Waals surface area contributed by atoms with Gasteiger partial charge in [0.15, 0.2) is 12.4 Å². The molecule has 4 aromatic rings. The Bertz CT molecular complexity index is 1380. The molecule has 2 aromatic heterocycles. The first kappa shape index (κ1) is 22.3. The van der Waals surface area contributed by atoms with Crippen molar-refractivity contribution < 1.29 is 19.1 Å². The first-order valence-electron chi connectivity index (χ1n) is 10.9. The van der Waals surface area contributed by atoms with Crippen molar-refractivity contribution in [3.63, 3.8) is 0 Å². The normalized spacial score (nSPS) is 11.0. The van der Waals surface area contributed by atoms with Crippen LogP contribution < -0.4 is 0 Å². The molecule has 0 atom stereocenters. The summed E-state index contributed by atoms with van der Waals surface area (Å²) in [6.45, 7) is 7.21. The van der Waals surface area contributed by atoms with Crippen LogP contribution in [0, 0.1) is 13.8 Å². The quantitative estimate of drug-likeness (QED) is 0.302. The van der Waals surface area contributed by atoms with Gasteiger partial charge in [0.1, 0.15) is 5.69 Å². The predicted molar refractivity (Wildman–Crippen MR) is 128 cm³/mol. The van der Waals surface area contributed by atoms with Crippen LogP contribution in [0.5, 0.6) is 0 Å². The first-order valence-corrected chi connectivity index (χ1v) is 10.9. The van der Waals surface area contributed by atoms with Crippen LogP contribution in [0.1, 0.15) is 56.3 Å². The van der Waals surface area contributed by atoms with Gasteiger partial charge in [0.25, 0.3) is 0 Å². The molecule has 6 nitrogen and oxygen atoms in total. The van der Waals surface area contributed by atoms with Crippen LogP contribution in [-0.4, -0.2) is 33.7 Å². The fourth-order valence-electron chi connectivity index (χ4n) is 4.57. The maximum Gasteiger partial charge on any atom is 0.355 e. The highest BCUT2D eigenvalue weighted by Crippen LogP contribution is 2.34. The fourth-order valence-corrected chi connectivity index (χ4v) is 4.57. The molecule has 0 saturated heterocycles. The minimum atomic E-state index is -0.656.